The van der Waals surface area contributed by atoms with E-state index in [-0.39, 0.29) is 12.5 Å². The first-order valence-electron chi connectivity index (χ1n) is 10.3. The summed E-state index contributed by atoms with van der Waals surface area (Å²) >= 11 is 0. The number of carbonyl (C=O) groups is 1. The highest BCUT2D eigenvalue weighted by molar-refractivity contribution is 5.75. The van der Waals surface area contributed by atoms with E-state index in [0.717, 1.165) is 57.6 Å². The Morgan fingerprint density at radius 1 is 1.21 bits per heavy atom. The minimum Gasteiger partial charge on any atom is -0.352 e. The minimum atomic E-state index is -4.36. The van der Waals surface area contributed by atoms with Gasteiger partial charge in [0.05, 0.1) is 5.56 Å². The summed E-state index contributed by atoms with van der Waals surface area (Å²) in [6.07, 6.45) is 1.70. The molecule has 2 aliphatic heterocycles. The molecule has 2 saturated heterocycles. The molecule has 2 aliphatic rings. The topological polar surface area (TPSA) is 44.4 Å². The average molecular weight is 397 g/mol. The first kappa shape index (κ1) is 21.1. The minimum absolute atomic E-state index is 0.0867. The number of benzene rings is 1. The third-order valence-corrected chi connectivity index (χ3v) is 5.96. The van der Waals surface area contributed by atoms with Crippen molar-refractivity contribution < 1.29 is 18.0 Å². The van der Waals surface area contributed by atoms with Crippen LogP contribution < -0.4 is 10.6 Å². The Labute approximate surface area is 164 Å². The quantitative estimate of drug-likeness (QED) is 0.771. The van der Waals surface area contributed by atoms with Crippen molar-refractivity contribution >= 4 is 5.91 Å². The summed E-state index contributed by atoms with van der Waals surface area (Å²) in [5, 5.41) is 6.22. The van der Waals surface area contributed by atoms with Crippen LogP contribution in [0, 0.1) is 5.92 Å². The van der Waals surface area contributed by atoms with E-state index in [9.17, 15) is 18.0 Å². The van der Waals surface area contributed by atoms with E-state index in [1.807, 2.05) is 0 Å². The van der Waals surface area contributed by atoms with Gasteiger partial charge in [0.15, 0.2) is 0 Å². The number of hydrogen-bond donors (Lipinski definition) is 2. The average Bonchev–Trinajstić information content (AvgIpc) is 2.71. The number of halogens is 3. The van der Waals surface area contributed by atoms with E-state index in [0.29, 0.717) is 23.9 Å². The summed E-state index contributed by atoms with van der Waals surface area (Å²) < 4.78 is 38.2. The van der Waals surface area contributed by atoms with Crippen LogP contribution in [0.2, 0.25) is 0 Å². The van der Waals surface area contributed by atoms with Crippen LogP contribution in [0.3, 0.4) is 0 Å². The second kappa shape index (κ2) is 9.74. The fourth-order valence-corrected chi connectivity index (χ4v) is 4.23. The molecule has 156 valence electrons. The van der Waals surface area contributed by atoms with Crippen molar-refractivity contribution in [3.8, 4) is 0 Å². The van der Waals surface area contributed by atoms with Gasteiger partial charge < -0.3 is 10.6 Å². The zero-order valence-electron chi connectivity index (χ0n) is 16.2. The van der Waals surface area contributed by atoms with Gasteiger partial charge in [0.25, 0.3) is 0 Å². The Hall–Kier alpha value is -1.60. The number of nitrogens with one attached hydrogen (secondary N) is 2. The van der Waals surface area contributed by atoms with Gasteiger partial charge in [-0.25, -0.2) is 0 Å². The Kier molecular flexibility index (Phi) is 7.35. The van der Waals surface area contributed by atoms with E-state index in [1.165, 1.54) is 18.9 Å². The summed E-state index contributed by atoms with van der Waals surface area (Å²) in [6, 6.07) is 5.77. The van der Waals surface area contributed by atoms with Crippen molar-refractivity contribution in [1.29, 1.82) is 0 Å². The van der Waals surface area contributed by atoms with Crippen LogP contribution in [0.25, 0.3) is 0 Å². The first-order chi connectivity index (χ1) is 13.4. The Balaban J connectivity index is 1.35. The maximum atomic E-state index is 12.7. The molecule has 28 heavy (non-hydrogen) atoms. The van der Waals surface area contributed by atoms with E-state index in [4.69, 9.17) is 0 Å². The molecule has 0 saturated carbocycles. The van der Waals surface area contributed by atoms with Crippen LogP contribution in [0.1, 0.15) is 49.7 Å². The molecular formula is C21H30F3N3O. The van der Waals surface area contributed by atoms with E-state index in [2.05, 4.69) is 15.5 Å². The second-order valence-corrected chi connectivity index (χ2v) is 7.99. The molecule has 1 amide bonds. The Morgan fingerprint density at radius 3 is 2.68 bits per heavy atom. The largest absolute Gasteiger partial charge is 0.416 e. The number of likely N-dealkylation sites (tertiary alicyclic amines) is 1. The van der Waals surface area contributed by atoms with Gasteiger partial charge in [-0.05, 0) is 75.4 Å². The van der Waals surface area contributed by atoms with Crippen LogP contribution in [-0.2, 0) is 17.5 Å². The maximum Gasteiger partial charge on any atom is 0.416 e. The Morgan fingerprint density at radius 2 is 2.00 bits per heavy atom. The molecule has 0 radical (unpaired) electrons. The van der Waals surface area contributed by atoms with Gasteiger partial charge in [-0.1, -0.05) is 12.1 Å². The molecule has 0 spiro atoms. The number of carbonyl (C=O) groups excluding carboxylic acids is 1. The molecule has 4 nitrogen and oxygen atoms in total. The summed E-state index contributed by atoms with van der Waals surface area (Å²) in [6.45, 7) is 4.55. The third kappa shape index (κ3) is 6.21. The number of amides is 1. The Bertz CT molecular complexity index is 636. The molecule has 0 aromatic heterocycles. The SMILES string of the molecule is O=C(CCC1CCN([C@@H]2CCCNC2)CC1)NCc1cccc(C(F)(F)F)c1. The lowest BCUT2D eigenvalue weighted by Crippen LogP contribution is -2.49. The van der Waals surface area contributed by atoms with Gasteiger partial charge in [0.1, 0.15) is 0 Å². The molecule has 1 aromatic carbocycles. The molecule has 0 aliphatic carbocycles. The highest BCUT2D eigenvalue weighted by atomic mass is 19.4. The molecule has 7 heteroatoms. The normalized spacial score (nSPS) is 22.2. The number of hydrogen-bond acceptors (Lipinski definition) is 3. The zero-order valence-corrected chi connectivity index (χ0v) is 16.2. The van der Waals surface area contributed by atoms with Gasteiger partial charge in [-0.2, -0.15) is 13.2 Å². The lowest BCUT2D eigenvalue weighted by molar-refractivity contribution is -0.137. The summed E-state index contributed by atoms with van der Waals surface area (Å²) in [5.41, 5.74) is -0.211. The molecule has 0 bridgehead atoms. The van der Waals surface area contributed by atoms with Crippen molar-refractivity contribution in [2.75, 3.05) is 26.2 Å². The van der Waals surface area contributed by atoms with Crippen molar-refractivity contribution in [3.05, 3.63) is 35.4 Å². The van der Waals surface area contributed by atoms with Crippen molar-refractivity contribution in [3.63, 3.8) is 0 Å². The predicted octanol–water partition coefficient (Wildman–Crippen LogP) is 3.57. The van der Waals surface area contributed by atoms with Crippen LogP contribution in [-0.4, -0.2) is 43.0 Å². The molecule has 2 fully saturated rings. The van der Waals surface area contributed by atoms with Crippen LogP contribution in [0.15, 0.2) is 24.3 Å². The van der Waals surface area contributed by atoms with Crippen LogP contribution in [0.5, 0.6) is 0 Å². The van der Waals surface area contributed by atoms with Gasteiger partial charge >= 0.3 is 6.18 Å². The van der Waals surface area contributed by atoms with Crippen molar-refractivity contribution in [2.24, 2.45) is 5.92 Å². The van der Waals surface area contributed by atoms with Gasteiger partial charge in [-0.15, -0.1) is 0 Å². The van der Waals surface area contributed by atoms with Gasteiger partial charge in [-0.3, -0.25) is 9.69 Å². The number of nitrogens with zero attached hydrogens (tertiary/aromatic N) is 1. The monoisotopic (exact) mass is 397 g/mol. The fourth-order valence-electron chi connectivity index (χ4n) is 4.23. The molecule has 1 aromatic rings. The van der Waals surface area contributed by atoms with E-state index in [1.54, 1.807) is 6.07 Å². The predicted molar refractivity (Wildman–Crippen MR) is 103 cm³/mol. The van der Waals surface area contributed by atoms with Crippen molar-refractivity contribution in [2.45, 2.75) is 57.3 Å². The highest BCUT2D eigenvalue weighted by Crippen LogP contribution is 2.29. The summed E-state index contributed by atoms with van der Waals surface area (Å²) in [5.74, 6) is 0.475. The molecule has 2 heterocycles. The number of alkyl halides is 3. The molecule has 3 rings (SSSR count). The van der Waals surface area contributed by atoms with E-state index >= 15 is 0 Å². The molecular weight excluding hydrogens is 367 g/mol. The zero-order chi connectivity index (χ0) is 20.0. The fraction of sp³-hybridized carbons (Fsp3) is 0.667. The van der Waals surface area contributed by atoms with Crippen LogP contribution >= 0.6 is 0 Å². The van der Waals surface area contributed by atoms with Gasteiger partial charge in [0, 0.05) is 25.6 Å². The smallest absolute Gasteiger partial charge is 0.352 e. The number of piperidine rings is 2. The number of rotatable bonds is 6. The maximum absolute atomic E-state index is 12.7. The van der Waals surface area contributed by atoms with Crippen molar-refractivity contribution in [1.82, 2.24) is 15.5 Å². The third-order valence-electron chi connectivity index (χ3n) is 5.96. The highest BCUT2D eigenvalue weighted by Gasteiger charge is 2.30. The lowest BCUT2D eigenvalue weighted by atomic mass is 9.90. The molecule has 1 atom stereocenters. The molecule has 0 unspecified atom stereocenters. The van der Waals surface area contributed by atoms with E-state index < -0.39 is 11.7 Å². The van der Waals surface area contributed by atoms with Crippen LogP contribution in [0.4, 0.5) is 13.2 Å². The molecule has 2 N–H and O–H groups in total. The summed E-state index contributed by atoms with van der Waals surface area (Å²) in [4.78, 5) is 14.7. The summed E-state index contributed by atoms with van der Waals surface area (Å²) in [7, 11) is 0. The lowest BCUT2D eigenvalue weighted by Gasteiger charge is -2.39. The second-order valence-electron chi connectivity index (χ2n) is 7.99. The van der Waals surface area contributed by atoms with Gasteiger partial charge in [0.2, 0.25) is 5.91 Å². The standard InChI is InChI=1S/C21H30F3N3O/c22-21(23,24)18-4-1-3-17(13-18)14-26-20(28)7-6-16-8-11-27(12-9-16)19-5-2-10-25-15-19/h1,3-4,13,16,19,25H,2,5-12,14-15H2,(H,26,28)/t19-/m1/s1. The first-order valence-corrected chi connectivity index (χ1v) is 10.3.